The fourth-order valence-corrected chi connectivity index (χ4v) is 2.94. The Bertz CT molecular complexity index is 196. The molecule has 2 heteroatoms. The van der Waals surface area contributed by atoms with Crippen molar-refractivity contribution in [3.05, 3.63) is 0 Å². The van der Waals surface area contributed by atoms with Gasteiger partial charge in [0.15, 0.2) is 0 Å². The summed E-state index contributed by atoms with van der Waals surface area (Å²) in [5.74, 6) is 0. The molecule has 1 saturated carbocycles. The Morgan fingerprint density at radius 3 is 2.45 bits per heavy atom. The molecule has 3 fully saturated rings. The number of rotatable bonds is 1. The zero-order chi connectivity index (χ0) is 7.53. The lowest BCUT2D eigenvalue weighted by Crippen LogP contribution is -2.57. The van der Waals surface area contributed by atoms with E-state index in [2.05, 4.69) is 4.90 Å². The third-order valence-corrected chi connectivity index (χ3v) is 4.00. The van der Waals surface area contributed by atoms with Gasteiger partial charge in [-0.15, -0.1) is 0 Å². The van der Waals surface area contributed by atoms with Crippen LogP contribution in [0.15, 0.2) is 0 Å². The molecular weight excluding hydrogens is 138 g/mol. The largest absolute Gasteiger partial charge is 0.394 e. The fourth-order valence-electron chi connectivity index (χ4n) is 2.94. The molecule has 3 rings (SSSR count). The first-order valence-corrected chi connectivity index (χ1v) is 4.65. The van der Waals surface area contributed by atoms with Crippen LogP contribution in [0.4, 0.5) is 0 Å². The van der Waals surface area contributed by atoms with Gasteiger partial charge in [-0.2, -0.15) is 0 Å². The third-order valence-electron chi connectivity index (χ3n) is 4.00. The monoisotopic (exact) mass is 153 g/mol. The van der Waals surface area contributed by atoms with E-state index in [4.69, 9.17) is 0 Å². The lowest BCUT2D eigenvalue weighted by atomic mass is 9.83. The minimum Gasteiger partial charge on any atom is -0.394 e. The van der Waals surface area contributed by atoms with Gasteiger partial charge in [-0.25, -0.2) is 0 Å². The number of hydrogen-bond donors (Lipinski definition) is 1. The van der Waals surface area contributed by atoms with E-state index in [1.165, 1.54) is 38.8 Å². The van der Waals surface area contributed by atoms with Crippen LogP contribution in [0, 0.1) is 5.41 Å². The average molecular weight is 153 g/mol. The van der Waals surface area contributed by atoms with Crippen LogP contribution in [0.5, 0.6) is 0 Å². The lowest BCUT2D eigenvalue weighted by Gasteiger charge is -2.46. The van der Waals surface area contributed by atoms with Crippen LogP contribution in [-0.2, 0) is 0 Å². The summed E-state index contributed by atoms with van der Waals surface area (Å²) in [4.78, 5) is 2.50. The summed E-state index contributed by atoms with van der Waals surface area (Å²) in [5.41, 5.74) is 0.940. The Labute approximate surface area is 67.2 Å². The van der Waals surface area contributed by atoms with E-state index in [0.717, 1.165) is 0 Å². The number of nitrogens with zero attached hydrogens (tertiary/aromatic N) is 1. The Balaban J connectivity index is 1.87. The van der Waals surface area contributed by atoms with Gasteiger partial charge in [0.2, 0.25) is 0 Å². The van der Waals surface area contributed by atoms with E-state index < -0.39 is 0 Å². The molecular formula is C9H15NO. The van der Waals surface area contributed by atoms with Crippen LogP contribution in [0.3, 0.4) is 0 Å². The highest BCUT2D eigenvalue weighted by atomic mass is 16.3. The molecule has 62 valence electrons. The second kappa shape index (κ2) is 1.64. The lowest BCUT2D eigenvalue weighted by molar-refractivity contribution is -0.0190. The predicted octanol–water partition coefficient (Wildman–Crippen LogP) is 0.607. The van der Waals surface area contributed by atoms with Crippen LogP contribution in [0.2, 0.25) is 0 Å². The second-order valence-corrected chi connectivity index (χ2v) is 4.73. The van der Waals surface area contributed by atoms with Gasteiger partial charge in [-0.1, -0.05) is 0 Å². The third kappa shape index (κ3) is 0.651. The van der Waals surface area contributed by atoms with Crippen molar-refractivity contribution in [3.63, 3.8) is 0 Å². The van der Waals surface area contributed by atoms with Gasteiger partial charge in [0.25, 0.3) is 0 Å². The van der Waals surface area contributed by atoms with Gasteiger partial charge in [-0.05, 0) is 31.1 Å². The summed E-state index contributed by atoms with van der Waals surface area (Å²) in [7, 11) is 0. The Morgan fingerprint density at radius 2 is 2.09 bits per heavy atom. The van der Waals surface area contributed by atoms with E-state index in [-0.39, 0.29) is 5.54 Å². The highest BCUT2D eigenvalue weighted by molar-refractivity contribution is 5.15. The Morgan fingerprint density at radius 1 is 1.27 bits per heavy atom. The molecule has 1 spiro atoms. The average Bonchev–Trinajstić information content (AvgIpc) is 2.71. The summed E-state index contributed by atoms with van der Waals surface area (Å²) in [6.07, 6.45) is 5.37. The molecule has 0 aromatic rings. The molecule has 0 amide bonds. The van der Waals surface area contributed by atoms with Crippen molar-refractivity contribution in [2.75, 3.05) is 19.7 Å². The molecule has 3 aliphatic rings. The number of hydrogen-bond acceptors (Lipinski definition) is 2. The highest BCUT2D eigenvalue weighted by Crippen LogP contribution is 2.61. The molecule has 2 nitrogen and oxygen atoms in total. The first-order chi connectivity index (χ1) is 5.29. The second-order valence-electron chi connectivity index (χ2n) is 4.73. The summed E-state index contributed by atoms with van der Waals surface area (Å²) in [6, 6.07) is 0. The SMILES string of the molecule is OCC12CCN1CC1(CC1)C2. The number of fused-ring (bicyclic) bond motifs is 1. The number of aliphatic hydroxyl groups is 1. The Hall–Kier alpha value is -0.0800. The molecule has 2 aliphatic heterocycles. The summed E-state index contributed by atoms with van der Waals surface area (Å²) in [6.45, 7) is 2.92. The van der Waals surface area contributed by atoms with Gasteiger partial charge in [0, 0.05) is 18.6 Å². The van der Waals surface area contributed by atoms with Crippen LogP contribution >= 0.6 is 0 Å². The smallest absolute Gasteiger partial charge is 0.0616 e. The van der Waals surface area contributed by atoms with Crippen molar-refractivity contribution in [2.24, 2.45) is 5.41 Å². The van der Waals surface area contributed by atoms with Crippen molar-refractivity contribution in [1.29, 1.82) is 0 Å². The van der Waals surface area contributed by atoms with E-state index in [9.17, 15) is 5.11 Å². The van der Waals surface area contributed by atoms with E-state index in [1.54, 1.807) is 0 Å². The van der Waals surface area contributed by atoms with Crippen molar-refractivity contribution in [1.82, 2.24) is 4.90 Å². The minimum absolute atomic E-state index is 0.260. The van der Waals surface area contributed by atoms with Crippen molar-refractivity contribution >= 4 is 0 Å². The summed E-state index contributed by atoms with van der Waals surface area (Å²) < 4.78 is 0. The van der Waals surface area contributed by atoms with Crippen LogP contribution < -0.4 is 0 Å². The van der Waals surface area contributed by atoms with Gasteiger partial charge < -0.3 is 5.11 Å². The summed E-state index contributed by atoms with van der Waals surface area (Å²) in [5, 5.41) is 9.27. The van der Waals surface area contributed by atoms with Crippen molar-refractivity contribution < 1.29 is 5.11 Å². The zero-order valence-electron chi connectivity index (χ0n) is 6.84. The molecule has 1 aliphatic carbocycles. The summed E-state index contributed by atoms with van der Waals surface area (Å²) >= 11 is 0. The molecule has 0 bridgehead atoms. The fraction of sp³-hybridized carbons (Fsp3) is 1.00. The topological polar surface area (TPSA) is 23.5 Å². The van der Waals surface area contributed by atoms with Gasteiger partial charge in [-0.3, -0.25) is 4.90 Å². The molecule has 0 aromatic carbocycles. The van der Waals surface area contributed by atoms with Crippen molar-refractivity contribution in [3.8, 4) is 0 Å². The normalized spacial score (nSPS) is 45.5. The first kappa shape index (κ1) is 6.44. The highest BCUT2D eigenvalue weighted by Gasteiger charge is 2.61. The van der Waals surface area contributed by atoms with Crippen molar-refractivity contribution in [2.45, 2.75) is 31.2 Å². The standard InChI is InChI=1S/C9H15NO/c11-7-9-3-4-10(9)6-8(5-9)1-2-8/h11H,1-7H2. The van der Waals surface area contributed by atoms with Crippen LogP contribution in [0.25, 0.3) is 0 Å². The maximum Gasteiger partial charge on any atom is 0.0616 e. The van der Waals surface area contributed by atoms with E-state index in [1.807, 2.05) is 0 Å². The predicted molar refractivity (Wildman–Crippen MR) is 42.3 cm³/mol. The molecule has 1 N–H and O–H groups in total. The van der Waals surface area contributed by atoms with Gasteiger partial charge in [0.1, 0.15) is 0 Å². The number of aliphatic hydroxyl groups excluding tert-OH is 1. The quantitative estimate of drug-likeness (QED) is 0.596. The van der Waals surface area contributed by atoms with Crippen LogP contribution in [0.1, 0.15) is 25.7 Å². The van der Waals surface area contributed by atoms with Gasteiger partial charge >= 0.3 is 0 Å². The molecule has 0 aromatic heterocycles. The molecule has 2 heterocycles. The minimum atomic E-state index is 0.260. The zero-order valence-corrected chi connectivity index (χ0v) is 6.84. The van der Waals surface area contributed by atoms with E-state index >= 15 is 0 Å². The first-order valence-electron chi connectivity index (χ1n) is 4.65. The Kier molecular flexibility index (Phi) is 0.961. The maximum atomic E-state index is 9.27. The molecule has 1 unspecified atom stereocenters. The molecule has 11 heavy (non-hydrogen) atoms. The van der Waals surface area contributed by atoms with Gasteiger partial charge in [0.05, 0.1) is 6.61 Å². The maximum absolute atomic E-state index is 9.27. The molecule has 1 atom stereocenters. The van der Waals surface area contributed by atoms with E-state index in [0.29, 0.717) is 12.0 Å². The molecule has 0 radical (unpaired) electrons. The molecule has 2 saturated heterocycles. The van der Waals surface area contributed by atoms with Crippen LogP contribution in [-0.4, -0.2) is 35.2 Å².